The summed E-state index contributed by atoms with van der Waals surface area (Å²) in [6.45, 7) is 5.80. The molecule has 2 nitrogen and oxygen atoms in total. The molecule has 0 spiro atoms. The Kier molecular flexibility index (Phi) is 2.66. The van der Waals surface area contributed by atoms with E-state index in [0.29, 0.717) is 0 Å². The maximum Gasteiger partial charge on any atom is 0.123 e. The van der Waals surface area contributed by atoms with E-state index in [-0.39, 0.29) is 11.3 Å². The van der Waals surface area contributed by atoms with E-state index in [1.807, 2.05) is 6.92 Å². The molecule has 0 saturated carbocycles. The Hall–Kier alpha value is -0.370. The van der Waals surface area contributed by atoms with Gasteiger partial charge in [0, 0.05) is 19.1 Å². The molecule has 0 radical (unpaired) electrons. The molecule has 1 saturated heterocycles. The quantitative estimate of drug-likeness (QED) is 0.568. The Morgan fingerprint density at radius 1 is 1.45 bits per heavy atom. The molecule has 0 aliphatic carbocycles. The Labute approximate surface area is 67.9 Å². The molecule has 2 heteroatoms. The van der Waals surface area contributed by atoms with Gasteiger partial charge in [-0.15, -0.1) is 0 Å². The van der Waals surface area contributed by atoms with Gasteiger partial charge in [-0.3, -0.25) is 0 Å². The van der Waals surface area contributed by atoms with Gasteiger partial charge in [0.2, 0.25) is 0 Å². The minimum absolute atomic E-state index is 0.173. The molecule has 1 unspecified atom stereocenters. The van der Waals surface area contributed by atoms with E-state index < -0.39 is 0 Å². The molecule has 0 bridgehead atoms. The number of ether oxygens (including phenoxy) is 1. The fraction of sp³-hybridized carbons (Fsp3) is 0.889. The number of carbonyl (C=O) groups is 1. The van der Waals surface area contributed by atoms with Gasteiger partial charge in [-0.1, -0.05) is 13.8 Å². The fourth-order valence-electron chi connectivity index (χ4n) is 1.46. The normalized spacial score (nSPS) is 26.0. The van der Waals surface area contributed by atoms with Crippen LogP contribution in [0.2, 0.25) is 0 Å². The number of aldehydes is 1. The average molecular weight is 156 g/mol. The first kappa shape index (κ1) is 8.72. The number of hydrogen-bond acceptors (Lipinski definition) is 2. The lowest BCUT2D eigenvalue weighted by atomic mass is 9.73. The maximum atomic E-state index is 10.6. The summed E-state index contributed by atoms with van der Waals surface area (Å²) >= 11 is 0. The molecule has 64 valence electrons. The van der Waals surface area contributed by atoms with Gasteiger partial charge in [0.15, 0.2) is 0 Å². The molecule has 11 heavy (non-hydrogen) atoms. The summed E-state index contributed by atoms with van der Waals surface area (Å²) in [4.78, 5) is 10.6. The minimum atomic E-state index is 0.173. The Bertz CT molecular complexity index is 136. The van der Waals surface area contributed by atoms with Gasteiger partial charge in [-0.25, -0.2) is 0 Å². The molecular weight excluding hydrogens is 140 g/mol. The van der Waals surface area contributed by atoms with Gasteiger partial charge in [-0.05, 0) is 18.3 Å². The van der Waals surface area contributed by atoms with E-state index in [1.54, 1.807) is 0 Å². The third kappa shape index (κ3) is 1.80. The summed E-state index contributed by atoms with van der Waals surface area (Å²) in [7, 11) is 0. The summed E-state index contributed by atoms with van der Waals surface area (Å²) in [6.07, 6.45) is 3.10. The molecule has 1 aliphatic rings. The zero-order valence-electron chi connectivity index (χ0n) is 7.30. The van der Waals surface area contributed by atoms with Crippen LogP contribution in [0.3, 0.4) is 0 Å². The van der Waals surface area contributed by atoms with Gasteiger partial charge >= 0.3 is 0 Å². The lowest BCUT2D eigenvalue weighted by Gasteiger charge is -2.36. The average Bonchev–Trinajstić information content (AvgIpc) is 2.04. The van der Waals surface area contributed by atoms with Crippen LogP contribution >= 0.6 is 0 Å². The molecular formula is C9H16O2. The van der Waals surface area contributed by atoms with Crippen LogP contribution < -0.4 is 0 Å². The van der Waals surface area contributed by atoms with E-state index in [4.69, 9.17) is 4.74 Å². The van der Waals surface area contributed by atoms with Gasteiger partial charge in [0.1, 0.15) is 6.29 Å². The summed E-state index contributed by atoms with van der Waals surface area (Å²) in [5, 5.41) is 0. The molecule has 0 N–H and O–H groups in total. The van der Waals surface area contributed by atoms with Crippen molar-refractivity contribution in [2.45, 2.75) is 26.7 Å². The predicted octanol–water partition coefficient (Wildman–Crippen LogP) is 1.64. The monoisotopic (exact) mass is 156 g/mol. The van der Waals surface area contributed by atoms with Crippen molar-refractivity contribution in [1.29, 1.82) is 0 Å². The first-order chi connectivity index (χ1) is 5.19. The molecule has 1 heterocycles. The highest BCUT2D eigenvalue weighted by Crippen LogP contribution is 2.36. The van der Waals surface area contributed by atoms with Crippen LogP contribution in [0, 0.1) is 11.3 Å². The first-order valence-corrected chi connectivity index (χ1v) is 4.22. The van der Waals surface area contributed by atoms with Crippen molar-refractivity contribution in [3.63, 3.8) is 0 Å². The summed E-state index contributed by atoms with van der Waals surface area (Å²) in [5.41, 5.74) is 0.194. The van der Waals surface area contributed by atoms with Gasteiger partial charge < -0.3 is 9.53 Å². The van der Waals surface area contributed by atoms with Crippen molar-refractivity contribution in [3.8, 4) is 0 Å². The van der Waals surface area contributed by atoms with Gasteiger partial charge in [0.25, 0.3) is 0 Å². The Morgan fingerprint density at radius 2 is 2.00 bits per heavy atom. The third-order valence-corrected chi connectivity index (χ3v) is 2.94. The molecule has 1 aliphatic heterocycles. The van der Waals surface area contributed by atoms with Crippen LogP contribution in [0.15, 0.2) is 0 Å². The maximum absolute atomic E-state index is 10.6. The Morgan fingerprint density at radius 3 is 2.45 bits per heavy atom. The van der Waals surface area contributed by atoms with Crippen LogP contribution in [0.1, 0.15) is 26.7 Å². The zero-order chi connectivity index (χ0) is 8.32. The lowest BCUT2D eigenvalue weighted by molar-refractivity contribution is -0.116. The number of hydrogen-bond donors (Lipinski definition) is 0. The molecule has 0 aromatic rings. The van der Waals surface area contributed by atoms with Crippen molar-refractivity contribution < 1.29 is 9.53 Å². The molecule has 0 amide bonds. The van der Waals surface area contributed by atoms with Crippen molar-refractivity contribution in [2.75, 3.05) is 13.2 Å². The van der Waals surface area contributed by atoms with Crippen molar-refractivity contribution in [1.82, 2.24) is 0 Å². The fourth-order valence-corrected chi connectivity index (χ4v) is 1.46. The minimum Gasteiger partial charge on any atom is -0.381 e. The van der Waals surface area contributed by atoms with Crippen LogP contribution in [0.4, 0.5) is 0 Å². The second-order valence-electron chi connectivity index (χ2n) is 3.69. The van der Waals surface area contributed by atoms with Gasteiger partial charge in [0.05, 0.1) is 0 Å². The molecule has 1 rings (SSSR count). The van der Waals surface area contributed by atoms with Crippen LogP contribution in [-0.4, -0.2) is 19.5 Å². The van der Waals surface area contributed by atoms with Crippen molar-refractivity contribution >= 4 is 6.29 Å². The zero-order valence-corrected chi connectivity index (χ0v) is 7.30. The van der Waals surface area contributed by atoms with E-state index >= 15 is 0 Å². The molecule has 0 aromatic carbocycles. The highest BCUT2D eigenvalue weighted by atomic mass is 16.5. The third-order valence-electron chi connectivity index (χ3n) is 2.94. The van der Waals surface area contributed by atoms with E-state index in [2.05, 4.69) is 6.92 Å². The highest BCUT2D eigenvalue weighted by molar-refractivity contribution is 5.54. The lowest BCUT2D eigenvalue weighted by Crippen LogP contribution is -2.33. The predicted molar refractivity (Wildman–Crippen MR) is 43.4 cm³/mol. The largest absolute Gasteiger partial charge is 0.381 e. The standard InChI is InChI=1S/C9H16O2/c1-8(7-10)9(2)3-5-11-6-4-9/h7-8H,3-6H2,1-2H3. The topological polar surface area (TPSA) is 26.3 Å². The summed E-state index contributed by atoms with van der Waals surface area (Å²) < 4.78 is 5.24. The highest BCUT2D eigenvalue weighted by Gasteiger charge is 2.32. The Balaban J connectivity index is 2.55. The van der Waals surface area contributed by atoms with Gasteiger partial charge in [-0.2, -0.15) is 0 Å². The second-order valence-corrected chi connectivity index (χ2v) is 3.69. The van der Waals surface area contributed by atoms with Crippen molar-refractivity contribution in [2.24, 2.45) is 11.3 Å². The van der Waals surface area contributed by atoms with E-state index in [1.165, 1.54) is 0 Å². The molecule has 1 atom stereocenters. The van der Waals surface area contributed by atoms with Crippen molar-refractivity contribution in [3.05, 3.63) is 0 Å². The second kappa shape index (κ2) is 3.35. The summed E-state index contributed by atoms with van der Waals surface area (Å²) in [6, 6.07) is 0. The number of carbonyl (C=O) groups excluding carboxylic acids is 1. The van der Waals surface area contributed by atoms with E-state index in [9.17, 15) is 4.79 Å². The van der Waals surface area contributed by atoms with Crippen LogP contribution in [0.5, 0.6) is 0 Å². The first-order valence-electron chi connectivity index (χ1n) is 4.22. The number of rotatable bonds is 2. The summed E-state index contributed by atoms with van der Waals surface area (Å²) in [5.74, 6) is 0.173. The molecule has 0 aromatic heterocycles. The van der Waals surface area contributed by atoms with E-state index in [0.717, 1.165) is 32.3 Å². The smallest absolute Gasteiger partial charge is 0.123 e. The SMILES string of the molecule is CC(C=O)C1(C)CCOCC1. The molecule has 1 fully saturated rings. The van der Waals surface area contributed by atoms with Crippen LogP contribution in [0.25, 0.3) is 0 Å². The van der Waals surface area contributed by atoms with Crippen LogP contribution in [-0.2, 0) is 9.53 Å².